The van der Waals surface area contributed by atoms with Crippen molar-refractivity contribution >= 4 is 22.2 Å². The van der Waals surface area contributed by atoms with Crippen LogP contribution in [0.1, 0.15) is 5.56 Å². The van der Waals surface area contributed by atoms with Gasteiger partial charge < -0.3 is 10.1 Å². The smallest absolute Gasteiger partial charge is 0.358 e. The maximum Gasteiger partial charge on any atom is 0.408 e. The van der Waals surface area contributed by atoms with Crippen LogP contribution in [0.15, 0.2) is 12.4 Å². The molecule has 18 heavy (non-hydrogen) atoms. The second-order valence-electron chi connectivity index (χ2n) is 2.92. The number of hydrogen-bond donors (Lipinski definition) is 0. The average Bonchev–Trinajstić information content (AvgIpc) is 2.95. The summed E-state index contributed by atoms with van der Waals surface area (Å²) < 4.78 is 0.967. The highest BCUT2D eigenvalue weighted by atomic mass is 32.1. The van der Waals surface area contributed by atoms with E-state index in [-0.39, 0.29) is 15.7 Å². The Kier molecular flexibility index (Phi) is 2.70. The summed E-state index contributed by atoms with van der Waals surface area (Å²) in [5, 5.41) is 33.1. The van der Waals surface area contributed by atoms with Crippen molar-refractivity contribution in [2.45, 2.75) is 0 Å². The van der Waals surface area contributed by atoms with E-state index in [1.165, 1.54) is 0 Å². The van der Waals surface area contributed by atoms with E-state index >= 15 is 0 Å². The van der Waals surface area contributed by atoms with Crippen LogP contribution in [-0.2, 0) is 0 Å². The van der Waals surface area contributed by atoms with Crippen molar-refractivity contribution in [1.29, 1.82) is 5.26 Å². The van der Waals surface area contributed by atoms with Gasteiger partial charge in [-0.05, 0) is 16.3 Å². The van der Waals surface area contributed by atoms with Gasteiger partial charge in [-0.15, -0.1) is 4.68 Å². The zero-order chi connectivity index (χ0) is 13.3. The number of nitro groups is 2. The number of nitriles is 1. The summed E-state index contributed by atoms with van der Waals surface area (Å²) in [6.07, 6.45) is 2.11. The van der Waals surface area contributed by atoms with Crippen LogP contribution in [0.5, 0.6) is 0 Å². The van der Waals surface area contributed by atoms with Crippen LogP contribution in [0.25, 0.3) is 5.13 Å². The van der Waals surface area contributed by atoms with E-state index in [4.69, 9.17) is 5.26 Å². The van der Waals surface area contributed by atoms with Gasteiger partial charge in [0.1, 0.15) is 12.3 Å². The Labute approximate surface area is 102 Å². The number of rotatable bonds is 3. The van der Waals surface area contributed by atoms with Crippen molar-refractivity contribution < 1.29 is 9.85 Å². The number of nitrogens with zero attached hydrogens (tertiary/aromatic N) is 6. The average molecular weight is 266 g/mol. The van der Waals surface area contributed by atoms with Crippen LogP contribution < -0.4 is 0 Å². The molecule has 0 spiro atoms. The molecule has 2 aromatic rings. The van der Waals surface area contributed by atoms with Gasteiger partial charge in [-0.25, -0.2) is 4.98 Å². The normalized spacial score (nSPS) is 9.94. The SMILES string of the molecule is N#Cc1cn(-c2ncc([N+](=O)[O-])s2)nc1[N+](=O)[O-]. The summed E-state index contributed by atoms with van der Waals surface area (Å²) in [4.78, 5) is 23.3. The zero-order valence-electron chi connectivity index (χ0n) is 8.38. The van der Waals surface area contributed by atoms with Gasteiger partial charge in [0, 0.05) is 0 Å². The lowest BCUT2D eigenvalue weighted by molar-refractivity contribution is -0.390. The second kappa shape index (κ2) is 4.18. The van der Waals surface area contributed by atoms with Gasteiger partial charge in [-0.2, -0.15) is 5.26 Å². The van der Waals surface area contributed by atoms with Crippen molar-refractivity contribution in [2.24, 2.45) is 0 Å². The summed E-state index contributed by atoms with van der Waals surface area (Å²) in [6, 6.07) is 1.61. The minimum Gasteiger partial charge on any atom is -0.358 e. The van der Waals surface area contributed by atoms with Crippen LogP contribution in [0.4, 0.5) is 10.8 Å². The molecule has 0 aliphatic heterocycles. The molecule has 0 bridgehead atoms. The van der Waals surface area contributed by atoms with Crippen LogP contribution in [0.3, 0.4) is 0 Å². The van der Waals surface area contributed by atoms with Gasteiger partial charge in [0.15, 0.2) is 5.56 Å². The molecule has 0 atom stereocenters. The Morgan fingerprint density at radius 1 is 1.39 bits per heavy atom. The molecule has 0 amide bonds. The van der Waals surface area contributed by atoms with Gasteiger partial charge in [0.05, 0.1) is 16.2 Å². The first-order chi connectivity index (χ1) is 8.52. The van der Waals surface area contributed by atoms with Gasteiger partial charge in [0.2, 0.25) is 5.13 Å². The molecule has 2 heterocycles. The summed E-state index contributed by atoms with van der Waals surface area (Å²) >= 11 is 0.697. The van der Waals surface area contributed by atoms with Gasteiger partial charge in [-0.3, -0.25) is 10.1 Å². The number of thiazole rings is 1. The van der Waals surface area contributed by atoms with Gasteiger partial charge >= 0.3 is 10.8 Å². The Morgan fingerprint density at radius 2 is 2.11 bits per heavy atom. The standard InChI is InChI=1S/C7H2N6O4S/c8-1-4-3-11(10-6(4)13(16)17)7-9-2-5(18-7)12(14)15/h2-3H. The lowest BCUT2D eigenvalue weighted by Gasteiger charge is -1.85. The molecular weight excluding hydrogens is 264 g/mol. The molecule has 2 aromatic heterocycles. The third kappa shape index (κ3) is 1.87. The Morgan fingerprint density at radius 3 is 2.56 bits per heavy atom. The van der Waals surface area contributed by atoms with Gasteiger partial charge in [-0.1, -0.05) is 0 Å². The van der Waals surface area contributed by atoms with E-state index < -0.39 is 15.7 Å². The molecule has 0 aliphatic carbocycles. The number of aromatic nitrogens is 3. The minimum atomic E-state index is -0.808. The van der Waals surface area contributed by atoms with Crippen LogP contribution in [-0.4, -0.2) is 24.6 Å². The highest BCUT2D eigenvalue weighted by molar-refractivity contribution is 7.17. The molecule has 0 aromatic carbocycles. The Balaban J connectivity index is 2.48. The summed E-state index contributed by atoms with van der Waals surface area (Å²) in [7, 11) is 0. The van der Waals surface area contributed by atoms with E-state index in [0.29, 0.717) is 11.3 Å². The molecule has 0 radical (unpaired) electrons. The topological polar surface area (TPSA) is 141 Å². The molecule has 2 rings (SSSR count). The first kappa shape index (κ1) is 11.6. The fourth-order valence-electron chi connectivity index (χ4n) is 1.12. The van der Waals surface area contributed by atoms with Crippen molar-refractivity contribution in [3.63, 3.8) is 0 Å². The van der Waals surface area contributed by atoms with E-state index in [9.17, 15) is 20.2 Å². The largest absolute Gasteiger partial charge is 0.408 e. The Bertz CT molecular complexity index is 682. The minimum absolute atomic E-state index is 0.0753. The lowest BCUT2D eigenvalue weighted by Crippen LogP contribution is -1.95. The first-order valence-corrected chi connectivity index (χ1v) is 5.09. The second-order valence-corrected chi connectivity index (χ2v) is 3.91. The lowest BCUT2D eigenvalue weighted by atomic mass is 10.4. The molecule has 0 unspecified atom stereocenters. The predicted octanol–water partition coefficient (Wildman–Crippen LogP) is 1.02. The summed E-state index contributed by atoms with van der Waals surface area (Å²) in [6.45, 7) is 0. The molecular formula is C7H2N6O4S. The van der Waals surface area contributed by atoms with Gasteiger partial charge in [0.25, 0.3) is 0 Å². The molecule has 10 nitrogen and oxygen atoms in total. The monoisotopic (exact) mass is 266 g/mol. The molecule has 0 aliphatic rings. The molecule has 0 fully saturated rings. The summed E-state index contributed by atoms with van der Waals surface area (Å²) in [5.74, 6) is -0.615. The zero-order valence-corrected chi connectivity index (χ0v) is 9.20. The molecule has 90 valence electrons. The van der Waals surface area contributed by atoms with E-state index in [0.717, 1.165) is 17.1 Å². The fourth-order valence-corrected chi connectivity index (χ4v) is 1.78. The van der Waals surface area contributed by atoms with Crippen LogP contribution in [0.2, 0.25) is 0 Å². The Hall–Kier alpha value is -2.87. The van der Waals surface area contributed by atoms with Crippen LogP contribution >= 0.6 is 11.3 Å². The van der Waals surface area contributed by atoms with Crippen molar-refractivity contribution in [1.82, 2.24) is 14.8 Å². The highest BCUT2D eigenvalue weighted by Crippen LogP contribution is 2.25. The highest BCUT2D eigenvalue weighted by Gasteiger charge is 2.24. The first-order valence-electron chi connectivity index (χ1n) is 4.27. The van der Waals surface area contributed by atoms with Crippen molar-refractivity contribution in [2.75, 3.05) is 0 Å². The third-order valence-corrected chi connectivity index (χ3v) is 2.78. The fraction of sp³-hybridized carbons (Fsp3) is 0. The third-order valence-electron chi connectivity index (χ3n) is 1.85. The van der Waals surface area contributed by atoms with Crippen molar-refractivity contribution in [3.8, 4) is 11.2 Å². The molecule has 11 heteroatoms. The molecule has 0 saturated carbocycles. The molecule has 0 N–H and O–H groups in total. The molecule has 0 saturated heterocycles. The maximum atomic E-state index is 10.6. The number of hydrogen-bond acceptors (Lipinski definition) is 8. The predicted molar refractivity (Wildman–Crippen MR) is 57.3 cm³/mol. The maximum absolute atomic E-state index is 10.6. The van der Waals surface area contributed by atoms with E-state index in [1.54, 1.807) is 6.07 Å². The van der Waals surface area contributed by atoms with E-state index in [1.807, 2.05) is 0 Å². The van der Waals surface area contributed by atoms with Crippen molar-refractivity contribution in [3.05, 3.63) is 38.2 Å². The quantitative estimate of drug-likeness (QED) is 0.596. The van der Waals surface area contributed by atoms with E-state index in [2.05, 4.69) is 10.1 Å². The van der Waals surface area contributed by atoms with Crippen LogP contribution in [0, 0.1) is 31.6 Å². The summed E-state index contributed by atoms with van der Waals surface area (Å²) in [5.41, 5.74) is -0.238.